The number of nitrogens with zero attached hydrogens (tertiary/aromatic N) is 4. The number of amides is 1. The number of aryl methyl sites for hydroxylation is 1. The fourth-order valence-corrected chi connectivity index (χ4v) is 3.83. The van der Waals surface area contributed by atoms with Crippen molar-refractivity contribution in [2.75, 3.05) is 23.3 Å². The third-order valence-corrected chi connectivity index (χ3v) is 5.44. The predicted molar refractivity (Wildman–Crippen MR) is 115 cm³/mol. The summed E-state index contributed by atoms with van der Waals surface area (Å²) in [6.45, 7) is 1.57. The Bertz CT molecular complexity index is 1100. The van der Waals surface area contributed by atoms with Crippen molar-refractivity contribution in [2.45, 2.75) is 25.3 Å². The lowest BCUT2D eigenvalue weighted by Crippen LogP contribution is -2.29. The van der Waals surface area contributed by atoms with E-state index in [2.05, 4.69) is 20.3 Å². The summed E-state index contributed by atoms with van der Waals surface area (Å²) < 4.78 is 30.1. The average Bonchev–Trinajstić information content (AvgIpc) is 2.97. The number of nitrogens with two attached hydrogens (primary N) is 1. The molecular formula is C22H24F2N6O. The summed E-state index contributed by atoms with van der Waals surface area (Å²) >= 11 is 0. The second-order valence-electron chi connectivity index (χ2n) is 7.64. The first-order valence-corrected chi connectivity index (χ1v) is 10.2. The molecule has 0 saturated carbocycles. The van der Waals surface area contributed by atoms with Crippen LogP contribution in [0.1, 0.15) is 29.8 Å². The van der Waals surface area contributed by atoms with Crippen LogP contribution in [0.25, 0.3) is 11.3 Å². The number of nitrogens with one attached hydrogen (secondary N) is 1. The Hall–Kier alpha value is -3.33. The van der Waals surface area contributed by atoms with Gasteiger partial charge >= 0.3 is 0 Å². The van der Waals surface area contributed by atoms with Crippen molar-refractivity contribution < 1.29 is 13.6 Å². The van der Waals surface area contributed by atoms with E-state index >= 15 is 0 Å². The maximum atomic E-state index is 14.3. The summed E-state index contributed by atoms with van der Waals surface area (Å²) in [6, 6.07) is 8.29. The van der Waals surface area contributed by atoms with Gasteiger partial charge in [0, 0.05) is 31.7 Å². The summed E-state index contributed by atoms with van der Waals surface area (Å²) in [5.41, 5.74) is 6.38. The van der Waals surface area contributed by atoms with Gasteiger partial charge in [0.1, 0.15) is 28.7 Å². The maximum absolute atomic E-state index is 14.3. The molecule has 1 aliphatic heterocycles. The number of halogens is 2. The minimum Gasteiger partial charge on any atom is -0.355 e. The lowest BCUT2D eigenvalue weighted by atomic mass is 10.1. The molecule has 2 aromatic heterocycles. The van der Waals surface area contributed by atoms with Gasteiger partial charge in [0.05, 0.1) is 6.20 Å². The fraction of sp³-hybridized carbons (Fsp3) is 0.318. The van der Waals surface area contributed by atoms with Crippen LogP contribution in [0.2, 0.25) is 0 Å². The van der Waals surface area contributed by atoms with Crippen LogP contribution in [0.4, 0.5) is 20.3 Å². The van der Waals surface area contributed by atoms with Crippen LogP contribution in [-0.4, -0.2) is 39.8 Å². The second kappa shape index (κ2) is 8.81. The van der Waals surface area contributed by atoms with Gasteiger partial charge in [-0.05, 0) is 43.5 Å². The Morgan fingerprint density at radius 2 is 1.94 bits per heavy atom. The molecule has 162 valence electrons. The number of carbonyl (C=O) groups excluding carboxylic acids is 1. The van der Waals surface area contributed by atoms with Crippen molar-refractivity contribution in [3.05, 3.63) is 59.9 Å². The van der Waals surface area contributed by atoms with E-state index in [0.29, 0.717) is 5.69 Å². The Morgan fingerprint density at radius 1 is 1.13 bits per heavy atom. The first-order valence-electron chi connectivity index (χ1n) is 10.2. The van der Waals surface area contributed by atoms with Crippen molar-refractivity contribution in [1.82, 2.24) is 14.8 Å². The highest BCUT2D eigenvalue weighted by Gasteiger charge is 2.22. The largest absolute Gasteiger partial charge is 0.355 e. The molecule has 4 rings (SSSR count). The van der Waals surface area contributed by atoms with Gasteiger partial charge in [0.25, 0.3) is 5.91 Å². The lowest BCUT2D eigenvalue weighted by Gasteiger charge is -2.24. The predicted octanol–water partition coefficient (Wildman–Crippen LogP) is 3.33. The van der Waals surface area contributed by atoms with Crippen molar-refractivity contribution in [3.63, 3.8) is 0 Å². The summed E-state index contributed by atoms with van der Waals surface area (Å²) in [6.07, 6.45) is 4.32. The average molecular weight is 426 g/mol. The Balaban J connectivity index is 1.60. The van der Waals surface area contributed by atoms with Crippen molar-refractivity contribution >= 4 is 17.4 Å². The number of hydrogen-bond donors (Lipinski definition) is 2. The van der Waals surface area contributed by atoms with E-state index in [4.69, 9.17) is 5.73 Å². The minimum absolute atomic E-state index is 0.00220. The third-order valence-electron chi connectivity index (χ3n) is 5.44. The zero-order chi connectivity index (χ0) is 22.0. The molecule has 1 saturated heterocycles. The van der Waals surface area contributed by atoms with Crippen LogP contribution < -0.4 is 16.0 Å². The first-order chi connectivity index (χ1) is 14.9. The van der Waals surface area contributed by atoms with Gasteiger partial charge in [-0.3, -0.25) is 9.48 Å². The van der Waals surface area contributed by atoms with Gasteiger partial charge in [0.15, 0.2) is 5.82 Å². The molecule has 1 aromatic carbocycles. The number of hydrogen-bond acceptors (Lipinski definition) is 5. The molecule has 0 spiro atoms. The monoisotopic (exact) mass is 426 g/mol. The number of pyridine rings is 1. The number of rotatable bonds is 4. The Kier molecular flexibility index (Phi) is 5.94. The molecule has 31 heavy (non-hydrogen) atoms. The van der Waals surface area contributed by atoms with Gasteiger partial charge < -0.3 is 16.0 Å². The molecule has 7 nitrogen and oxygen atoms in total. The minimum atomic E-state index is -0.704. The van der Waals surface area contributed by atoms with Crippen LogP contribution >= 0.6 is 0 Å². The Labute approximate surface area is 178 Å². The summed E-state index contributed by atoms with van der Waals surface area (Å²) in [5, 5.41) is 7.09. The number of carbonyl (C=O) groups is 1. The molecule has 0 aliphatic carbocycles. The highest BCUT2D eigenvalue weighted by molar-refractivity contribution is 6.04. The number of anilines is 2. The van der Waals surface area contributed by atoms with E-state index in [-0.39, 0.29) is 23.0 Å². The highest BCUT2D eigenvalue weighted by Crippen LogP contribution is 2.28. The SMILES string of the molecule is Cn1ncc(NC(=O)c2ccc(F)c(-c3ccccc3F)n2)c1N1CCC[C@@H](N)CC1. The summed E-state index contributed by atoms with van der Waals surface area (Å²) in [7, 11) is 1.81. The van der Waals surface area contributed by atoms with Crippen molar-refractivity contribution in [1.29, 1.82) is 0 Å². The maximum Gasteiger partial charge on any atom is 0.274 e. The second-order valence-corrected chi connectivity index (χ2v) is 7.64. The number of benzene rings is 1. The molecule has 3 heterocycles. The summed E-state index contributed by atoms with van der Waals surface area (Å²) in [5.74, 6) is -1.07. The van der Waals surface area contributed by atoms with E-state index in [1.807, 2.05) is 7.05 Å². The van der Waals surface area contributed by atoms with Gasteiger partial charge in [-0.15, -0.1) is 0 Å². The molecular weight excluding hydrogens is 402 g/mol. The smallest absolute Gasteiger partial charge is 0.274 e. The standard InChI is InChI=1S/C22H24F2N6O/c1-29-22(30-11-4-5-14(25)10-12-30)19(13-26-29)28-21(31)18-9-8-17(24)20(27-18)15-6-2-3-7-16(15)23/h2-3,6-9,13-14H,4-5,10-12,25H2,1H3,(H,28,31)/t14-/m1/s1. The van der Waals surface area contributed by atoms with Gasteiger partial charge in [-0.2, -0.15) is 5.10 Å². The zero-order valence-electron chi connectivity index (χ0n) is 17.2. The van der Waals surface area contributed by atoms with Crippen LogP contribution in [0.15, 0.2) is 42.6 Å². The molecule has 3 N–H and O–H groups in total. The molecule has 1 fully saturated rings. The lowest BCUT2D eigenvalue weighted by molar-refractivity contribution is 0.102. The molecule has 1 amide bonds. The van der Waals surface area contributed by atoms with Crippen LogP contribution in [0, 0.1) is 11.6 Å². The summed E-state index contributed by atoms with van der Waals surface area (Å²) in [4.78, 5) is 19.1. The molecule has 1 aliphatic rings. The van der Waals surface area contributed by atoms with Crippen molar-refractivity contribution in [3.8, 4) is 11.3 Å². The van der Waals surface area contributed by atoms with Crippen LogP contribution in [0.3, 0.4) is 0 Å². The first kappa shape index (κ1) is 20.9. The highest BCUT2D eigenvalue weighted by atomic mass is 19.1. The van der Waals surface area contributed by atoms with Gasteiger partial charge in [-0.25, -0.2) is 13.8 Å². The van der Waals surface area contributed by atoms with E-state index in [1.54, 1.807) is 16.9 Å². The van der Waals surface area contributed by atoms with E-state index in [1.165, 1.54) is 24.3 Å². The van der Waals surface area contributed by atoms with Gasteiger partial charge in [0.2, 0.25) is 0 Å². The molecule has 0 unspecified atom stereocenters. The van der Waals surface area contributed by atoms with Crippen molar-refractivity contribution in [2.24, 2.45) is 12.8 Å². The molecule has 0 radical (unpaired) electrons. The van der Waals surface area contributed by atoms with E-state index in [9.17, 15) is 13.6 Å². The van der Waals surface area contributed by atoms with E-state index < -0.39 is 17.5 Å². The molecule has 3 aromatic rings. The molecule has 9 heteroatoms. The zero-order valence-corrected chi connectivity index (χ0v) is 17.2. The quantitative estimate of drug-likeness (QED) is 0.668. The number of aromatic nitrogens is 3. The third kappa shape index (κ3) is 4.41. The Morgan fingerprint density at radius 3 is 2.74 bits per heavy atom. The van der Waals surface area contributed by atoms with Gasteiger partial charge in [-0.1, -0.05) is 12.1 Å². The van der Waals surface area contributed by atoms with Crippen LogP contribution in [-0.2, 0) is 7.05 Å². The molecule has 1 atom stereocenters. The van der Waals surface area contributed by atoms with Crippen LogP contribution in [0.5, 0.6) is 0 Å². The molecule has 0 bridgehead atoms. The fourth-order valence-electron chi connectivity index (χ4n) is 3.83. The topological polar surface area (TPSA) is 89.1 Å². The normalized spacial score (nSPS) is 16.8. The van der Waals surface area contributed by atoms with E-state index in [0.717, 1.165) is 44.2 Å².